The van der Waals surface area contributed by atoms with Crippen LogP contribution in [0.15, 0.2) is 24.8 Å². The van der Waals surface area contributed by atoms with Crippen molar-refractivity contribution < 1.29 is 19.0 Å². The number of methoxy groups -OCH3 is 3. The topological polar surface area (TPSA) is 44.8 Å². The maximum Gasteiger partial charge on any atom is 0.337 e. The first-order valence-corrected chi connectivity index (χ1v) is 5.12. The van der Waals surface area contributed by atoms with Crippen molar-refractivity contribution in [3.63, 3.8) is 0 Å². The Balaban J connectivity index is 3.33. The lowest BCUT2D eigenvalue weighted by molar-refractivity contribution is 0.0600. The van der Waals surface area contributed by atoms with Gasteiger partial charge in [-0.3, -0.25) is 0 Å². The third-order valence-electron chi connectivity index (χ3n) is 2.34. The summed E-state index contributed by atoms with van der Waals surface area (Å²) in [5, 5.41) is 0. The average Bonchev–Trinajstić information content (AvgIpc) is 2.37. The Hall–Kier alpha value is -1.97. The van der Waals surface area contributed by atoms with E-state index in [0.717, 1.165) is 5.56 Å². The molecule has 17 heavy (non-hydrogen) atoms. The predicted octanol–water partition coefficient (Wildman–Crippen LogP) is 2.22. The van der Waals surface area contributed by atoms with Crippen LogP contribution in [0, 0.1) is 0 Å². The summed E-state index contributed by atoms with van der Waals surface area (Å²) in [4.78, 5) is 11.5. The van der Waals surface area contributed by atoms with Gasteiger partial charge in [0.2, 0.25) is 0 Å². The van der Waals surface area contributed by atoms with Gasteiger partial charge >= 0.3 is 5.97 Å². The van der Waals surface area contributed by atoms with E-state index in [1.54, 1.807) is 25.3 Å². The van der Waals surface area contributed by atoms with Gasteiger partial charge < -0.3 is 14.2 Å². The molecule has 0 N–H and O–H groups in total. The second-order valence-corrected chi connectivity index (χ2v) is 3.36. The molecule has 0 aliphatic heterocycles. The molecule has 0 saturated carbocycles. The van der Waals surface area contributed by atoms with E-state index in [1.807, 2.05) is 0 Å². The minimum Gasteiger partial charge on any atom is -0.493 e. The van der Waals surface area contributed by atoms with Gasteiger partial charge in [-0.1, -0.05) is 6.08 Å². The fourth-order valence-corrected chi connectivity index (χ4v) is 1.59. The Labute approximate surface area is 101 Å². The largest absolute Gasteiger partial charge is 0.493 e. The Morgan fingerprint density at radius 3 is 2.47 bits per heavy atom. The Morgan fingerprint density at radius 2 is 2.00 bits per heavy atom. The van der Waals surface area contributed by atoms with E-state index in [2.05, 4.69) is 11.3 Å². The summed E-state index contributed by atoms with van der Waals surface area (Å²) in [5.74, 6) is 0.712. The average molecular weight is 236 g/mol. The molecule has 0 spiro atoms. The van der Waals surface area contributed by atoms with Crippen molar-refractivity contribution >= 4 is 5.97 Å². The van der Waals surface area contributed by atoms with Gasteiger partial charge in [0.15, 0.2) is 11.5 Å². The van der Waals surface area contributed by atoms with Crippen LogP contribution in [0.5, 0.6) is 11.5 Å². The maximum absolute atomic E-state index is 11.5. The summed E-state index contributed by atoms with van der Waals surface area (Å²) < 4.78 is 15.1. The van der Waals surface area contributed by atoms with Gasteiger partial charge in [-0.05, 0) is 18.6 Å². The SMILES string of the molecule is C=CCc1cc(C(=O)OC)cc(OC)c1OC. The molecule has 1 aromatic carbocycles. The number of ether oxygens (including phenoxy) is 3. The third-order valence-corrected chi connectivity index (χ3v) is 2.34. The van der Waals surface area contributed by atoms with Crippen LogP contribution in [0.4, 0.5) is 0 Å². The molecule has 0 fully saturated rings. The van der Waals surface area contributed by atoms with E-state index in [4.69, 9.17) is 9.47 Å². The molecule has 0 saturated heterocycles. The monoisotopic (exact) mass is 236 g/mol. The van der Waals surface area contributed by atoms with Gasteiger partial charge in [0, 0.05) is 5.56 Å². The van der Waals surface area contributed by atoms with Gasteiger partial charge in [0.05, 0.1) is 26.9 Å². The molecule has 4 heteroatoms. The van der Waals surface area contributed by atoms with E-state index in [9.17, 15) is 4.79 Å². The standard InChI is InChI=1S/C13H16O4/c1-5-6-9-7-10(13(14)17-4)8-11(15-2)12(9)16-3/h5,7-8H,1,6H2,2-4H3. The van der Waals surface area contributed by atoms with Crippen LogP contribution in [0.2, 0.25) is 0 Å². The zero-order valence-corrected chi connectivity index (χ0v) is 10.3. The van der Waals surface area contributed by atoms with E-state index in [1.165, 1.54) is 14.2 Å². The first-order valence-electron chi connectivity index (χ1n) is 5.12. The van der Waals surface area contributed by atoms with Crippen molar-refractivity contribution in [2.75, 3.05) is 21.3 Å². The normalized spacial score (nSPS) is 9.59. The van der Waals surface area contributed by atoms with Gasteiger partial charge in [0.25, 0.3) is 0 Å². The number of allylic oxidation sites excluding steroid dienone is 1. The number of carbonyl (C=O) groups excluding carboxylic acids is 1. The molecule has 0 unspecified atom stereocenters. The summed E-state index contributed by atoms with van der Waals surface area (Å²) in [6.07, 6.45) is 2.32. The summed E-state index contributed by atoms with van der Waals surface area (Å²) >= 11 is 0. The molecule has 0 aliphatic rings. The van der Waals surface area contributed by atoms with Crippen LogP contribution in [-0.2, 0) is 11.2 Å². The fourth-order valence-electron chi connectivity index (χ4n) is 1.59. The lowest BCUT2D eigenvalue weighted by Gasteiger charge is -2.13. The minimum atomic E-state index is -0.406. The summed E-state index contributed by atoms with van der Waals surface area (Å²) in [7, 11) is 4.42. The van der Waals surface area contributed by atoms with Crippen LogP contribution in [0.25, 0.3) is 0 Å². The van der Waals surface area contributed by atoms with Crippen molar-refractivity contribution in [1.29, 1.82) is 0 Å². The van der Waals surface area contributed by atoms with Gasteiger partial charge in [-0.25, -0.2) is 4.79 Å². The van der Waals surface area contributed by atoms with Crippen LogP contribution in [-0.4, -0.2) is 27.3 Å². The zero-order chi connectivity index (χ0) is 12.8. The van der Waals surface area contributed by atoms with Crippen LogP contribution in [0.3, 0.4) is 0 Å². The van der Waals surface area contributed by atoms with E-state index in [0.29, 0.717) is 23.5 Å². The fraction of sp³-hybridized carbons (Fsp3) is 0.308. The van der Waals surface area contributed by atoms with Crippen molar-refractivity contribution in [3.8, 4) is 11.5 Å². The first kappa shape index (κ1) is 13.1. The molecule has 0 aromatic heterocycles. The van der Waals surface area contributed by atoms with E-state index < -0.39 is 5.97 Å². The number of hydrogen-bond acceptors (Lipinski definition) is 4. The Kier molecular flexibility index (Phi) is 4.57. The first-order chi connectivity index (χ1) is 8.17. The second kappa shape index (κ2) is 5.94. The highest BCUT2D eigenvalue weighted by molar-refractivity contribution is 5.90. The molecule has 0 bridgehead atoms. The lowest BCUT2D eigenvalue weighted by Crippen LogP contribution is -2.04. The van der Waals surface area contributed by atoms with Crippen molar-refractivity contribution in [3.05, 3.63) is 35.9 Å². The molecule has 1 rings (SSSR count). The number of esters is 1. The lowest BCUT2D eigenvalue weighted by atomic mass is 10.1. The molecule has 0 heterocycles. The molecule has 0 aliphatic carbocycles. The zero-order valence-electron chi connectivity index (χ0n) is 10.3. The third kappa shape index (κ3) is 2.78. The summed E-state index contributed by atoms with van der Waals surface area (Å²) in [6, 6.07) is 3.31. The molecule has 92 valence electrons. The highest BCUT2D eigenvalue weighted by Gasteiger charge is 2.15. The molecule has 0 amide bonds. The highest BCUT2D eigenvalue weighted by Crippen LogP contribution is 2.33. The second-order valence-electron chi connectivity index (χ2n) is 3.36. The van der Waals surface area contributed by atoms with E-state index in [-0.39, 0.29) is 0 Å². The molecular weight excluding hydrogens is 220 g/mol. The van der Waals surface area contributed by atoms with Crippen LogP contribution >= 0.6 is 0 Å². The van der Waals surface area contributed by atoms with Gasteiger partial charge in [-0.2, -0.15) is 0 Å². The number of hydrogen-bond donors (Lipinski definition) is 0. The molecular formula is C13H16O4. The number of benzene rings is 1. The Bertz CT molecular complexity index is 424. The predicted molar refractivity (Wildman–Crippen MR) is 64.8 cm³/mol. The van der Waals surface area contributed by atoms with Gasteiger partial charge in [-0.15, -0.1) is 6.58 Å². The summed E-state index contributed by atoms with van der Waals surface area (Å²) in [5.41, 5.74) is 1.27. The van der Waals surface area contributed by atoms with Crippen LogP contribution < -0.4 is 9.47 Å². The molecule has 4 nitrogen and oxygen atoms in total. The number of carbonyl (C=O) groups is 1. The maximum atomic E-state index is 11.5. The van der Waals surface area contributed by atoms with Crippen LogP contribution in [0.1, 0.15) is 15.9 Å². The van der Waals surface area contributed by atoms with E-state index >= 15 is 0 Å². The van der Waals surface area contributed by atoms with Gasteiger partial charge in [0.1, 0.15) is 0 Å². The smallest absolute Gasteiger partial charge is 0.337 e. The molecule has 1 aromatic rings. The molecule has 0 radical (unpaired) electrons. The Morgan fingerprint density at radius 1 is 1.29 bits per heavy atom. The minimum absolute atomic E-state index is 0.406. The quantitative estimate of drug-likeness (QED) is 0.581. The van der Waals surface area contributed by atoms with Crippen molar-refractivity contribution in [2.45, 2.75) is 6.42 Å². The summed E-state index contributed by atoms with van der Waals surface area (Å²) in [6.45, 7) is 3.67. The van der Waals surface area contributed by atoms with Crippen molar-refractivity contribution in [2.24, 2.45) is 0 Å². The number of rotatable bonds is 5. The van der Waals surface area contributed by atoms with Crippen molar-refractivity contribution in [1.82, 2.24) is 0 Å². The highest BCUT2D eigenvalue weighted by atomic mass is 16.5. The molecule has 0 atom stereocenters.